The van der Waals surface area contributed by atoms with Crippen molar-refractivity contribution in [1.29, 1.82) is 0 Å². The molecular formula is C14H21BrO3. The van der Waals surface area contributed by atoms with E-state index in [1.807, 2.05) is 18.2 Å². The summed E-state index contributed by atoms with van der Waals surface area (Å²) in [6.07, 6.45) is 2.27. The second-order valence-electron chi connectivity index (χ2n) is 3.97. The quantitative estimate of drug-likeness (QED) is 0.649. The second kappa shape index (κ2) is 9.36. The first kappa shape index (κ1) is 15.5. The van der Waals surface area contributed by atoms with Crippen molar-refractivity contribution in [1.82, 2.24) is 0 Å². The fourth-order valence-corrected chi connectivity index (χ4v) is 1.92. The van der Waals surface area contributed by atoms with Crippen LogP contribution in [-0.4, -0.2) is 26.9 Å². The Hall–Kier alpha value is -0.580. The second-order valence-corrected chi connectivity index (χ2v) is 4.89. The Morgan fingerprint density at radius 2 is 1.89 bits per heavy atom. The van der Waals surface area contributed by atoms with E-state index < -0.39 is 0 Å². The van der Waals surface area contributed by atoms with Crippen molar-refractivity contribution in [3.63, 3.8) is 0 Å². The summed E-state index contributed by atoms with van der Waals surface area (Å²) >= 11 is 3.44. The lowest BCUT2D eigenvalue weighted by molar-refractivity contribution is 0.0390. The molecule has 0 aliphatic heterocycles. The number of hydrogen-bond donors (Lipinski definition) is 0. The molecule has 0 aliphatic rings. The van der Waals surface area contributed by atoms with Gasteiger partial charge in [0.1, 0.15) is 5.75 Å². The van der Waals surface area contributed by atoms with Crippen LogP contribution in [0.3, 0.4) is 0 Å². The van der Waals surface area contributed by atoms with Crippen LogP contribution in [0.5, 0.6) is 5.75 Å². The molecule has 18 heavy (non-hydrogen) atoms. The van der Waals surface area contributed by atoms with Crippen LogP contribution in [0.2, 0.25) is 0 Å². The van der Waals surface area contributed by atoms with Gasteiger partial charge in [-0.15, -0.1) is 0 Å². The topological polar surface area (TPSA) is 27.7 Å². The molecule has 0 aliphatic carbocycles. The Bertz CT molecular complexity index is 342. The van der Waals surface area contributed by atoms with Gasteiger partial charge in [-0.1, -0.05) is 29.3 Å². The van der Waals surface area contributed by atoms with Gasteiger partial charge < -0.3 is 14.2 Å². The summed E-state index contributed by atoms with van der Waals surface area (Å²) < 4.78 is 17.3. The molecule has 1 aromatic rings. The van der Waals surface area contributed by atoms with E-state index in [1.165, 1.54) is 0 Å². The molecule has 0 unspecified atom stereocenters. The van der Waals surface area contributed by atoms with Crippen molar-refractivity contribution in [3.8, 4) is 5.75 Å². The average molecular weight is 317 g/mol. The zero-order valence-corrected chi connectivity index (χ0v) is 12.7. The van der Waals surface area contributed by atoms with Gasteiger partial charge in [0.25, 0.3) is 0 Å². The predicted octanol–water partition coefficient (Wildman–Crippen LogP) is 3.79. The van der Waals surface area contributed by atoms with Crippen LogP contribution in [-0.2, 0) is 16.1 Å². The summed E-state index contributed by atoms with van der Waals surface area (Å²) in [6, 6.07) is 5.90. The molecule has 0 aromatic heterocycles. The number of methoxy groups -OCH3 is 1. The highest BCUT2D eigenvalue weighted by Gasteiger charge is 2.03. The standard InChI is InChI=1S/C14H21BrO3/c1-3-4-7-17-8-9-18-11-12-10-13(15)5-6-14(12)16-2/h5-6,10H,3-4,7-9,11H2,1-2H3. The summed E-state index contributed by atoms with van der Waals surface area (Å²) in [5, 5.41) is 0. The number of rotatable bonds is 9. The SMILES string of the molecule is CCCCOCCOCc1cc(Br)ccc1OC. The highest BCUT2D eigenvalue weighted by atomic mass is 79.9. The molecule has 0 N–H and O–H groups in total. The maximum absolute atomic E-state index is 5.57. The Balaban J connectivity index is 2.24. The van der Waals surface area contributed by atoms with E-state index in [0.29, 0.717) is 19.8 Å². The molecule has 0 heterocycles. The van der Waals surface area contributed by atoms with Crippen molar-refractivity contribution < 1.29 is 14.2 Å². The molecule has 1 aromatic carbocycles. The smallest absolute Gasteiger partial charge is 0.124 e. The molecule has 0 saturated carbocycles. The van der Waals surface area contributed by atoms with Crippen molar-refractivity contribution >= 4 is 15.9 Å². The maximum atomic E-state index is 5.57. The molecule has 0 amide bonds. The van der Waals surface area contributed by atoms with E-state index in [4.69, 9.17) is 14.2 Å². The third-order valence-electron chi connectivity index (χ3n) is 2.51. The minimum atomic E-state index is 0.541. The molecule has 0 bridgehead atoms. The molecule has 0 saturated heterocycles. The Morgan fingerprint density at radius 1 is 1.11 bits per heavy atom. The Morgan fingerprint density at radius 3 is 2.61 bits per heavy atom. The molecule has 0 spiro atoms. The number of halogens is 1. The highest BCUT2D eigenvalue weighted by Crippen LogP contribution is 2.23. The van der Waals surface area contributed by atoms with Crippen LogP contribution < -0.4 is 4.74 Å². The monoisotopic (exact) mass is 316 g/mol. The number of benzene rings is 1. The summed E-state index contributed by atoms with van der Waals surface area (Å²) in [7, 11) is 1.67. The van der Waals surface area contributed by atoms with E-state index in [1.54, 1.807) is 7.11 Å². The van der Waals surface area contributed by atoms with Gasteiger partial charge in [0, 0.05) is 16.6 Å². The third-order valence-corrected chi connectivity index (χ3v) is 3.01. The van der Waals surface area contributed by atoms with Crippen molar-refractivity contribution in [2.45, 2.75) is 26.4 Å². The van der Waals surface area contributed by atoms with Gasteiger partial charge in [0.05, 0.1) is 26.9 Å². The number of ether oxygens (including phenoxy) is 3. The Kier molecular flexibility index (Phi) is 8.05. The van der Waals surface area contributed by atoms with Crippen LogP contribution in [0.1, 0.15) is 25.3 Å². The van der Waals surface area contributed by atoms with E-state index in [0.717, 1.165) is 35.2 Å². The van der Waals surface area contributed by atoms with E-state index in [9.17, 15) is 0 Å². The predicted molar refractivity (Wildman–Crippen MR) is 76.1 cm³/mol. The summed E-state index contributed by atoms with van der Waals surface area (Å²) in [5.41, 5.74) is 1.04. The average Bonchev–Trinajstić information content (AvgIpc) is 2.38. The van der Waals surface area contributed by atoms with Crippen molar-refractivity contribution in [3.05, 3.63) is 28.2 Å². The molecule has 0 fully saturated rings. The molecule has 4 heteroatoms. The summed E-state index contributed by atoms with van der Waals surface area (Å²) in [5.74, 6) is 0.852. The van der Waals surface area contributed by atoms with Gasteiger partial charge in [0.2, 0.25) is 0 Å². The molecule has 0 atom stereocenters. The lowest BCUT2D eigenvalue weighted by atomic mass is 10.2. The van der Waals surface area contributed by atoms with E-state index >= 15 is 0 Å². The summed E-state index contributed by atoms with van der Waals surface area (Å²) in [4.78, 5) is 0. The van der Waals surface area contributed by atoms with Crippen molar-refractivity contribution in [2.24, 2.45) is 0 Å². The van der Waals surface area contributed by atoms with Crippen LogP contribution in [0.15, 0.2) is 22.7 Å². The molecule has 0 radical (unpaired) electrons. The molecule has 1 rings (SSSR count). The molecular weight excluding hydrogens is 296 g/mol. The van der Waals surface area contributed by atoms with Gasteiger partial charge >= 0.3 is 0 Å². The van der Waals surface area contributed by atoms with Gasteiger partial charge in [0.15, 0.2) is 0 Å². The molecule has 3 nitrogen and oxygen atoms in total. The highest BCUT2D eigenvalue weighted by molar-refractivity contribution is 9.10. The van der Waals surface area contributed by atoms with Crippen molar-refractivity contribution in [2.75, 3.05) is 26.9 Å². The first-order valence-corrected chi connectivity index (χ1v) is 7.05. The van der Waals surface area contributed by atoms with Gasteiger partial charge in [-0.05, 0) is 24.6 Å². The number of hydrogen-bond acceptors (Lipinski definition) is 3. The lowest BCUT2D eigenvalue weighted by Gasteiger charge is -2.10. The van der Waals surface area contributed by atoms with Crippen LogP contribution in [0.4, 0.5) is 0 Å². The number of unbranched alkanes of at least 4 members (excludes halogenated alkanes) is 1. The first-order valence-electron chi connectivity index (χ1n) is 6.25. The van der Waals surface area contributed by atoms with Gasteiger partial charge in [-0.25, -0.2) is 0 Å². The van der Waals surface area contributed by atoms with E-state index in [-0.39, 0.29) is 0 Å². The first-order chi connectivity index (χ1) is 8.77. The molecule has 102 valence electrons. The lowest BCUT2D eigenvalue weighted by Crippen LogP contribution is -2.05. The van der Waals surface area contributed by atoms with Crippen LogP contribution >= 0.6 is 15.9 Å². The fourth-order valence-electron chi connectivity index (χ4n) is 1.51. The van der Waals surface area contributed by atoms with Gasteiger partial charge in [-0.3, -0.25) is 0 Å². The van der Waals surface area contributed by atoms with Crippen LogP contribution in [0, 0.1) is 0 Å². The maximum Gasteiger partial charge on any atom is 0.124 e. The largest absolute Gasteiger partial charge is 0.496 e. The summed E-state index contributed by atoms with van der Waals surface area (Å²) in [6.45, 7) is 4.77. The van der Waals surface area contributed by atoms with Crippen LogP contribution in [0.25, 0.3) is 0 Å². The minimum absolute atomic E-state index is 0.541. The zero-order chi connectivity index (χ0) is 13.2. The van der Waals surface area contributed by atoms with Gasteiger partial charge in [-0.2, -0.15) is 0 Å². The minimum Gasteiger partial charge on any atom is -0.496 e. The normalized spacial score (nSPS) is 10.6. The fraction of sp³-hybridized carbons (Fsp3) is 0.571. The zero-order valence-electron chi connectivity index (χ0n) is 11.1. The third kappa shape index (κ3) is 5.85. The van der Waals surface area contributed by atoms with E-state index in [2.05, 4.69) is 22.9 Å². The Labute approximate surface area is 118 Å².